The van der Waals surface area contributed by atoms with E-state index in [-0.39, 0.29) is 5.91 Å². The molecule has 8 heteroatoms. The number of nitrogens with zero attached hydrogens (tertiary/aromatic N) is 4. The van der Waals surface area contributed by atoms with Gasteiger partial charge in [-0.25, -0.2) is 15.0 Å². The van der Waals surface area contributed by atoms with Gasteiger partial charge in [-0.3, -0.25) is 4.79 Å². The molecule has 1 aliphatic heterocycles. The second kappa shape index (κ2) is 9.00. The Morgan fingerprint density at radius 1 is 1.41 bits per heavy atom. The van der Waals surface area contributed by atoms with Crippen LogP contribution in [0.4, 0.5) is 10.9 Å². The smallest absolute Gasteiger partial charge is 0.246 e. The third kappa shape index (κ3) is 5.29. The maximum Gasteiger partial charge on any atom is 0.246 e. The Labute approximate surface area is 173 Å². The quantitative estimate of drug-likeness (QED) is 0.618. The molecular formula is C21H23N5O2S. The first-order valence-electron chi connectivity index (χ1n) is 9.66. The number of anilines is 2. The van der Waals surface area contributed by atoms with Gasteiger partial charge in [-0.2, -0.15) is 0 Å². The molecule has 3 aromatic rings. The summed E-state index contributed by atoms with van der Waals surface area (Å²) in [5.41, 5.74) is 0.973. The lowest BCUT2D eigenvalue weighted by molar-refractivity contribution is -0.127. The fraction of sp³-hybridized carbons (Fsp3) is 0.333. The number of likely N-dealkylation sites (tertiary alicyclic amines) is 1. The molecule has 1 aliphatic rings. The monoisotopic (exact) mass is 409 g/mol. The van der Waals surface area contributed by atoms with E-state index < -0.39 is 0 Å². The number of thiazole rings is 1. The summed E-state index contributed by atoms with van der Waals surface area (Å²) in [7, 11) is 0. The number of piperidine rings is 1. The minimum Gasteiger partial charge on any atom is -0.465 e. The lowest BCUT2D eigenvalue weighted by atomic mass is 9.93. The van der Waals surface area contributed by atoms with Crippen LogP contribution in [0.2, 0.25) is 0 Å². The zero-order valence-electron chi connectivity index (χ0n) is 16.2. The highest BCUT2D eigenvalue weighted by molar-refractivity contribution is 7.15. The summed E-state index contributed by atoms with van der Waals surface area (Å²) >= 11 is 1.59. The molecule has 150 valence electrons. The van der Waals surface area contributed by atoms with Crippen molar-refractivity contribution in [3.63, 3.8) is 0 Å². The highest BCUT2D eigenvalue weighted by Gasteiger charge is 2.23. The van der Waals surface area contributed by atoms with Crippen LogP contribution in [-0.2, 0) is 11.2 Å². The molecule has 0 saturated carbocycles. The zero-order chi connectivity index (χ0) is 20.1. The molecule has 0 aliphatic carbocycles. The highest BCUT2D eigenvalue weighted by atomic mass is 32.1. The second-order valence-corrected chi connectivity index (χ2v) is 8.38. The van der Waals surface area contributed by atoms with Crippen molar-refractivity contribution in [3.05, 3.63) is 59.4 Å². The predicted octanol–water partition coefficient (Wildman–Crippen LogP) is 4.07. The van der Waals surface area contributed by atoms with Crippen molar-refractivity contribution in [2.45, 2.75) is 26.2 Å². The van der Waals surface area contributed by atoms with Gasteiger partial charge in [0.1, 0.15) is 17.9 Å². The van der Waals surface area contributed by atoms with E-state index in [1.807, 2.05) is 36.2 Å². The fourth-order valence-corrected chi connectivity index (χ4v) is 4.14. The maximum absolute atomic E-state index is 12.5. The van der Waals surface area contributed by atoms with E-state index in [4.69, 9.17) is 4.42 Å². The van der Waals surface area contributed by atoms with Crippen LogP contribution < -0.4 is 5.32 Å². The molecule has 29 heavy (non-hydrogen) atoms. The third-order valence-corrected chi connectivity index (χ3v) is 5.67. The molecule has 0 aromatic carbocycles. The van der Waals surface area contributed by atoms with Gasteiger partial charge in [0, 0.05) is 42.0 Å². The fourth-order valence-electron chi connectivity index (χ4n) is 3.47. The lowest BCUT2D eigenvalue weighted by Gasteiger charge is -2.32. The van der Waals surface area contributed by atoms with E-state index in [1.54, 1.807) is 36.1 Å². The van der Waals surface area contributed by atoms with E-state index in [0.717, 1.165) is 53.9 Å². The van der Waals surface area contributed by atoms with E-state index in [9.17, 15) is 4.79 Å². The van der Waals surface area contributed by atoms with Crippen molar-refractivity contribution in [2.75, 3.05) is 18.4 Å². The Bertz CT molecular complexity index is 983. The van der Waals surface area contributed by atoms with Gasteiger partial charge in [0.25, 0.3) is 0 Å². The van der Waals surface area contributed by atoms with E-state index in [0.29, 0.717) is 11.7 Å². The minimum absolute atomic E-state index is 0.0234. The first-order chi connectivity index (χ1) is 14.2. The largest absolute Gasteiger partial charge is 0.465 e. The van der Waals surface area contributed by atoms with Gasteiger partial charge in [0.05, 0.1) is 6.26 Å². The average Bonchev–Trinajstić information content (AvgIpc) is 3.38. The first-order valence-corrected chi connectivity index (χ1v) is 10.5. The van der Waals surface area contributed by atoms with Crippen LogP contribution in [-0.4, -0.2) is 38.8 Å². The summed E-state index contributed by atoms with van der Waals surface area (Å²) in [6.07, 6.45) is 11.2. The molecule has 0 bridgehead atoms. The van der Waals surface area contributed by atoms with Crippen molar-refractivity contribution in [3.8, 4) is 0 Å². The molecule has 1 fully saturated rings. The topological polar surface area (TPSA) is 84.2 Å². The molecule has 1 saturated heterocycles. The normalized spacial score (nSPS) is 17.0. The Morgan fingerprint density at radius 2 is 2.34 bits per heavy atom. The molecule has 7 nitrogen and oxygen atoms in total. The minimum atomic E-state index is 0.0234. The van der Waals surface area contributed by atoms with Gasteiger partial charge in [-0.05, 0) is 50.3 Å². The molecular weight excluding hydrogens is 386 g/mol. The Hall–Kier alpha value is -3.00. The Balaban J connectivity index is 1.35. The molecule has 0 unspecified atom stereocenters. The summed E-state index contributed by atoms with van der Waals surface area (Å²) in [5.74, 6) is 1.84. The van der Waals surface area contributed by atoms with Crippen LogP contribution in [0.3, 0.4) is 0 Å². The highest BCUT2D eigenvalue weighted by Crippen LogP contribution is 2.23. The Morgan fingerprint density at radius 3 is 3.14 bits per heavy atom. The summed E-state index contributed by atoms with van der Waals surface area (Å²) in [4.78, 5) is 28.6. The summed E-state index contributed by atoms with van der Waals surface area (Å²) in [6.45, 7) is 3.55. The van der Waals surface area contributed by atoms with E-state index >= 15 is 0 Å². The van der Waals surface area contributed by atoms with Crippen LogP contribution >= 0.6 is 11.3 Å². The number of nitrogens with one attached hydrogen (secondary N) is 1. The lowest BCUT2D eigenvalue weighted by Crippen LogP contribution is -2.39. The second-order valence-electron chi connectivity index (χ2n) is 7.14. The Kier molecular flexibility index (Phi) is 6.00. The standard InChI is InChI=1S/C21H23N5O2S/c1-15-12-22-21(29-15)25-19-11-17(23-14-24-19)10-16-4-2-8-26(13-16)20(27)7-6-18-5-3-9-28-18/h3,5-7,9,11-12,14,16H,2,4,8,10,13H2,1H3,(H,22,23,24,25)/b7-6+/t16-/m1/s1. The van der Waals surface area contributed by atoms with Crippen molar-refractivity contribution in [2.24, 2.45) is 5.92 Å². The SMILES string of the molecule is Cc1cnc(Nc2cc(C[C@H]3CCCN(C(=O)/C=C/c4ccco4)C3)ncn2)s1. The number of aromatic nitrogens is 3. The number of rotatable bonds is 6. The van der Waals surface area contributed by atoms with Crippen LogP contribution in [0.25, 0.3) is 6.08 Å². The number of furan rings is 1. The van der Waals surface area contributed by atoms with E-state index in [1.165, 1.54) is 0 Å². The number of hydrogen-bond donors (Lipinski definition) is 1. The average molecular weight is 410 g/mol. The van der Waals surface area contributed by atoms with Crippen LogP contribution in [0.1, 0.15) is 29.2 Å². The van der Waals surface area contributed by atoms with Gasteiger partial charge >= 0.3 is 0 Å². The predicted molar refractivity (Wildman–Crippen MR) is 113 cm³/mol. The van der Waals surface area contributed by atoms with Crippen LogP contribution in [0.5, 0.6) is 0 Å². The molecule has 1 atom stereocenters. The van der Waals surface area contributed by atoms with Crippen LogP contribution in [0, 0.1) is 12.8 Å². The molecule has 4 heterocycles. The number of aryl methyl sites for hydroxylation is 1. The van der Waals surface area contributed by atoms with Crippen molar-refractivity contribution >= 4 is 34.3 Å². The van der Waals surface area contributed by atoms with Gasteiger partial charge in [-0.1, -0.05) is 0 Å². The molecule has 3 aromatic heterocycles. The summed E-state index contributed by atoms with van der Waals surface area (Å²) in [6, 6.07) is 5.60. The molecule has 1 amide bonds. The van der Waals surface area contributed by atoms with E-state index in [2.05, 4.69) is 20.3 Å². The number of amides is 1. The maximum atomic E-state index is 12.5. The first kappa shape index (κ1) is 19.3. The zero-order valence-corrected chi connectivity index (χ0v) is 17.1. The van der Waals surface area contributed by atoms with Crippen LogP contribution in [0.15, 0.2) is 47.5 Å². The number of carbonyl (C=O) groups is 1. The summed E-state index contributed by atoms with van der Waals surface area (Å²) in [5, 5.41) is 4.06. The third-order valence-electron chi connectivity index (χ3n) is 4.84. The molecule has 1 N–H and O–H groups in total. The summed E-state index contributed by atoms with van der Waals surface area (Å²) < 4.78 is 5.25. The van der Waals surface area contributed by atoms with Gasteiger partial charge in [0.15, 0.2) is 5.13 Å². The van der Waals surface area contributed by atoms with Gasteiger partial charge in [0.2, 0.25) is 5.91 Å². The molecule has 4 rings (SSSR count). The van der Waals surface area contributed by atoms with Gasteiger partial charge in [-0.15, -0.1) is 11.3 Å². The number of carbonyl (C=O) groups excluding carboxylic acids is 1. The van der Waals surface area contributed by atoms with Crippen molar-refractivity contribution in [1.29, 1.82) is 0 Å². The van der Waals surface area contributed by atoms with Crippen molar-refractivity contribution in [1.82, 2.24) is 19.9 Å². The van der Waals surface area contributed by atoms with Crippen molar-refractivity contribution < 1.29 is 9.21 Å². The molecule has 0 spiro atoms. The molecule has 0 radical (unpaired) electrons. The van der Waals surface area contributed by atoms with Gasteiger partial charge < -0.3 is 14.6 Å². The number of hydrogen-bond acceptors (Lipinski definition) is 7.